The maximum absolute atomic E-state index is 13.3. The molecule has 0 saturated carbocycles. The van der Waals surface area contributed by atoms with Gasteiger partial charge in [0.05, 0.1) is 10.5 Å². The summed E-state index contributed by atoms with van der Waals surface area (Å²) in [4.78, 5) is 23.2. The molecule has 1 N–H and O–H groups in total. The van der Waals surface area contributed by atoms with Crippen molar-refractivity contribution in [2.75, 3.05) is 0 Å². The molecule has 38 heavy (non-hydrogen) atoms. The predicted molar refractivity (Wildman–Crippen MR) is 144 cm³/mol. The second-order valence-corrected chi connectivity index (χ2v) is 9.13. The lowest BCUT2D eigenvalue weighted by Gasteiger charge is -2.26. The van der Waals surface area contributed by atoms with Gasteiger partial charge in [-0.05, 0) is 83.0 Å². The molecule has 7 heteroatoms. The van der Waals surface area contributed by atoms with Gasteiger partial charge in [-0.25, -0.2) is 9.18 Å². The quantitative estimate of drug-likeness (QED) is 0.156. The van der Waals surface area contributed by atoms with E-state index >= 15 is 0 Å². The number of rotatable bonds is 7. The van der Waals surface area contributed by atoms with E-state index in [-0.39, 0.29) is 28.9 Å². The van der Waals surface area contributed by atoms with Crippen LogP contribution < -0.4 is 4.74 Å². The van der Waals surface area contributed by atoms with Crippen LogP contribution in [0.15, 0.2) is 84.9 Å². The molecule has 1 atom stereocenters. The first-order valence-corrected chi connectivity index (χ1v) is 12.2. The van der Waals surface area contributed by atoms with Gasteiger partial charge < -0.3 is 9.84 Å². The van der Waals surface area contributed by atoms with Crippen LogP contribution in [0, 0.1) is 15.9 Å². The summed E-state index contributed by atoms with van der Waals surface area (Å²) in [5.41, 5.74) is 4.57. The summed E-state index contributed by atoms with van der Waals surface area (Å²) >= 11 is 0. The van der Waals surface area contributed by atoms with Crippen molar-refractivity contribution < 1.29 is 24.0 Å². The molecule has 6 nitrogen and oxygen atoms in total. The van der Waals surface area contributed by atoms with Crippen molar-refractivity contribution in [3.05, 3.63) is 129 Å². The first-order chi connectivity index (χ1) is 18.4. The molecule has 0 bridgehead atoms. The number of carbonyl (C=O) groups is 1. The minimum Gasteiger partial charge on any atom is -0.479 e. The van der Waals surface area contributed by atoms with Crippen LogP contribution in [-0.4, -0.2) is 16.0 Å². The number of carboxylic acids is 1. The number of halogens is 1. The number of benzene rings is 4. The van der Waals surface area contributed by atoms with Crippen molar-refractivity contribution in [2.24, 2.45) is 0 Å². The van der Waals surface area contributed by atoms with Gasteiger partial charge in [0, 0.05) is 6.07 Å². The molecule has 190 valence electrons. The van der Waals surface area contributed by atoms with Gasteiger partial charge in [-0.15, -0.1) is 0 Å². The van der Waals surface area contributed by atoms with Gasteiger partial charge in [-0.1, -0.05) is 60.7 Å². The molecule has 0 saturated heterocycles. The molecular weight excluding hydrogens is 485 g/mol. The highest BCUT2D eigenvalue weighted by atomic mass is 19.1. The van der Waals surface area contributed by atoms with Gasteiger partial charge in [0.2, 0.25) is 0 Å². The van der Waals surface area contributed by atoms with Crippen LogP contribution in [0.5, 0.6) is 5.75 Å². The zero-order valence-electron chi connectivity index (χ0n) is 20.3. The van der Waals surface area contributed by atoms with Crippen LogP contribution in [0.2, 0.25) is 0 Å². The minimum absolute atomic E-state index is 0.0810. The van der Waals surface area contributed by atoms with E-state index in [2.05, 4.69) is 6.07 Å². The highest BCUT2D eigenvalue weighted by Gasteiger charge is 2.25. The molecular formula is C31H24FNO5. The third-order valence-corrected chi connectivity index (χ3v) is 6.68. The van der Waals surface area contributed by atoms with E-state index in [4.69, 9.17) is 4.74 Å². The zero-order chi connectivity index (χ0) is 26.6. The third kappa shape index (κ3) is 5.32. The van der Waals surface area contributed by atoms with Crippen molar-refractivity contribution in [1.82, 2.24) is 0 Å². The topological polar surface area (TPSA) is 89.7 Å². The van der Waals surface area contributed by atoms with Gasteiger partial charge >= 0.3 is 11.7 Å². The van der Waals surface area contributed by atoms with Crippen LogP contribution in [0.1, 0.15) is 51.6 Å². The third-order valence-electron chi connectivity index (χ3n) is 6.68. The van der Waals surface area contributed by atoms with Crippen LogP contribution in [0.25, 0.3) is 23.3 Å². The Morgan fingerprint density at radius 1 is 0.974 bits per heavy atom. The lowest BCUT2D eigenvalue weighted by atomic mass is 9.89. The monoisotopic (exact) mass is 509 g/mol. The van der Waals surface area contributed by atoms with E-state index in [0.29, 0.717) is 11.1 Å². The van der Waals surface area contributed by atoms with Crippen LogP contribution in [0.4, 0.5) is 10.1 Å². The number of ether oxygens (including phenoxy) is 1. The summed E-state index contributed by atoms with van der Waals surface area (Å²) in [7, 11) is 0. The number of hydrogen-bond donors (Lipinski definition) is 1. The van der Waals surface area contributed by atoms with E-state index < -0.39 is 10.9 Å². The van der Waals surface area contributed by atoms with E-state index in [1.165, 1.54) is 29.8 Å². The molecule has 1 unspecified atom stereocenters. The number of fused-ring (bicyclic) bond motifs is 1. The Labute approximate surface area is 218 Å². The number of hydrogen-bond acceptors (Lipinski definition) is 4. The molecule has 0 spiro atoms. The van der Waals surface area contributed by atoms with E-state index in [9.17, 15) is 24.4 Å². The highest BCUT2D eigenvalue weighted by molar-refractivity contribution is 5.94. The first-order valence-electron chi connectivity index (χ1n) is 12.2. The fraction of sp³-hybridized carbons (Fsp3) is 0.129. The molecule has 0 amide bonds. The molecule has 1 aliphatic rings. The number of nitro benzene ring substituents is 1. The zero-order valence-corrected chi connectivity index (χ0v) is 20.3. The lowest BCUT2D eigenvalue weighted by molar-refractivity contribution is -0.386. The molecule has 0 radical (unpaired) electrons. The summed E-state index contributed by atoms with van der Waals surface area (Å²) in [5, 5.41) is 21.6. The predicted octanol–water partition coefficient (Wildman–Crippen LogP) is 7.73. The standard InChI is InChI=1S/C31H24FNO5/c32-25-14-11-21(12-15-25)23-13-16-27(31(34)35)24(19-23)10-8-20-9-17-30(28(18-20)33(36)37)38-29-7-3-5-22-4-1-2-6-26(22)29/h1-2,4,6,8-19,29H,3,5,7H2,(H,34,35). The second-order valence-electron chi connectivity index (χ2n) is 9.13. The Hall–Kier alpha value is -4.78. The summed E-state index contributed by atoms with van der Waals surface area (Å²) < 4.78 is 19.5. The van der Waals surface area contributed by atoms with E-state index in [1.807, 2.05) is 18.2 Å². The van der Waals surface area contributed by atoms with Gasteiger partial charge in [-0.3, -0.25) is 10.1 Å². The fourth-order valence-corrected chi connectivity index (χ4v) is 4.77. The molecule has 4 aromatic rings. The van der Waals surface area contributed by atoms with Crippen LogP contribution >= 0.6 is 0 Å². The smallest absolute Gasteiger partial charge is 0.336 e. The Balaban J connectivity index is 1.44. The molecule has 0 aliphatic heterocycles. The Bertz CT molecular complexity index is 1540. The Kier molecular flexibility index (Phi) is 7.00. The van der Waals surface area contributed by atoms with Crippen LogP contribution in [-0.2, 0) is 6.42 Å². The van der Waals surface area contributed by atoms with Crippen molar-refractivity contribution in [3.63, 3.8) is 0 Å². The second kappa shape index (κ2) is 10.7. The van der Waals surface area contributed by atoms with Gasteiger partial charge in [-0.2, -0.15) is 0 Å². The van der Waals surface area contributed by atoms with Gasteiger partial charge in [0.25, 0.3) is 0 Å². The van der Waals surface area contributed by atoms with Gasteiger partial charge in [0.15, 0.2) is 5.75 Å². The first kappa shape index (κ1) is 24.9. The largest absolute Gasteiger partial charge is 0.479 e. The number of nitrogens with zero attached hydrogens (tertiary/aromatic N) is 1. The van der Waals surface area contributed by atoms with Crippen LogP contribution in [0.3, 0.4) is 0 Å². The maximum atomic E-state index is 13.3. The molecule has 5 rings (SSSR count). The summed E-state index contributed by atoms with van der Waals surface area (Å²) in [5.74, 6) is -1.27. The molecule has 0 fully saturated rings. The lowest BCUT2D eigenvalue weighted by Crippen LogP contribution is -2.15. The summed E-state index contributed by atoms with van der Waals surface area (Å²) in [6, 6.07) is 23.5. The molecule has 0 heterocycles. The number of aryl methyl sites for hydroxylation is 1. The molecule has 1 aliphatic carbocycles. The fourth-order valence-electron chi connectivity index (χ4n) is 4.77. The minimum atomic E-state index is -1.10. The number of nitro groups is 1. The number of aromatic carboxylic acids is 1. The summed E-state index contributed by atoms with van der Waals surface area (Å²) in [6.45, 7) is 0. The van der Waals surface area contributed by atoms with Gasteiger partial charge in [0.1, 0.15) is 11.9 Å². The SMILES string of the molecule is O=C(O)c1ccc(-c2ccc(F)cc2)cc1C=Cc1ccc(OC2CCCc3ccccc32)c([N+](=O)[O-])c1. The maximum Gasteiger partial charge on any atom is 0.336 e. The highest BCUT2D eigenvalue weighted by Crippen LogP contribution is 2.37. The Morgan fingerprint density at radius 3 is 2.50 bits per heavy atom. The van der Waals surface area contributed by atoms with Crippen molar-refractivity contribution in [2.45, 2.75) is 25.4 Å². The van der Waals surface area contributed by atoms with E-state index in [0.717, 1.165) is 36.0 Å². The van der Waals surface area contributed by atoms with E-state index in [1.54, 1.807) is 48.6 Å². The molecule has 0 aromatic heterocycles. The van der Waals surface area contributed by atoms with Crippen molar-refractivity contribution in [3.8, 4) is 16.9 Å². The summed E-state index contributed by atoms with van der Waals surface area (Å²) in [6.07, 6.45) is 5.66. The average molecular weight is 510 g/mol. The van der Waals surface area contributed by atoms with Crippen molar-refractivity contribution >= 4 is 23.8 Å². The number of carboxylic acid groups (broad SMARTS) is 1. The van der Waals surface area contributed by atoms with Crippen molar-refractivity contribution in [1.29, 1.82) is 0 Å². The Morgan fingerprint density at radius 2 is 1.74 bits per heavy atom. The average Bonchev–Trinajstić information content (AvgIpc) is 2.92. The molecule has 4 aromatic carbocycles. The normalized spacial score (nSPS) is 14.7.